The fourth-order valence-corrected chi connectivity index (χ4v) is 4.03. The van der Waals surface area contributed by atoms with E-state index in [1.807, 2.05) is 0 Å². The fraction of sp³-hybridized carbons (Fsp3) is 0.389. The predicted octanol–water partition coefficient (Wildman–Crippen LogP) is 3.88. The number of pyridine rings is 1. The summed E-state index contributed by atoms with van der Waals surface area (Å²) in [7, 11) is 1.74. The fourth-order valence-electron chi connectivity index (χ4n) is 4.03. The second-order valence-electron chi connectivity index (χ2n) is 6.73. The molecular formula is C18H18F4N4. The molecule has 4 nitrogen and oxygen atoms in total. The van der Waals surface area contributed by atoms with Crippen molar-refractivity contribution in [3.05, 3.63) is 47.5 Å². The van der Waals surface area contributed by atoms with Crippen LogP contribution in [0.2, 0.25) is 0 Å². The molecule has 2 atom stereocenters. The Morgan fingerprint density at radius 3 is 2.73 bits per heavy atom. The van der Waals surface area contributed by atoms with Gasteiger partial charge in [0.15, 0.2) is 0 Å². The van der Waals surface area contributed by atoms with Crippen LogP contribution in [0, 0.1) is 5.95 Å². The number of hydrogen-bond donors (Lipinski definition) is 2. The molecule has 0 bridgehead atoms. The van der Waals surface area contributed by atoms with Crippen LogP contribution in [-0.4, -0.2) is 31.2 Å². The molecule has 2 aliphatic rings. The summed E-state index contributed by atoms with van der Waals surface area (Å²) >= 11 is 0. The maximum atomic E-state index is 13.7. The molecule has 1 fully saturated rings. The van der Waals surface area contributed by atoms with Gasteiger partial charge in [-0.15, -0.1) is 0 Å². The van der Waals surface area contributed by atoms with Crippen molar-refractivity contribution >= 4 is 17.1 Å². The number of hydrogen-bond acceptors (Lipinski definition) is 4. The van der Waals surface area contributed by atoms with Crippen LogP contribution in [0.4, 0.5) is 34.6 Å². The quantitative estimate of drug-likeness (QED) is 0.625. The number of alkyl halides is 3. The molecule has 26 heavy (non-hydrogen) atoms. The lowest BCUT2D eigenvalue weighted by molar-refractivity contribution is -0.137. The Morgan fingerprint density at radius 2 is 2.04 bits per heavy atom. The molecule has 0 unspecified atom stereocenters. The monoisotopic (exact) mass is 366 g/mol. The van der Waals surface area contributed by atoms with E-state index >= 15 is 0 Å². The summed E-state index contributed by atoms with van der Waals surface area (Å²) in [5.41, 5.74) is 1.06. The summed E-state index contributed by atoms with van der Waals surface area (Å²) < 4.78 is 54.2. The molecule has 8 heteroatoms. The van der Waals surface area contributed by atoms with Gasteiger partial charge in [0.05, 0.1) is 23.1 Å². The zero-order chi connectivity index (χ0) is 18.5. The van der Waals surface area contributed by atoms with Gasteiger partial charge in [0.25, 0.3) is 0 Å². The number of rotatable bonds is 2. The van der Waals surface area contributed by atoms with Crippen molar-refractivity contribution in [2.75, 3.05) is 30.4 Å². The average molecular weight is 366 g/mol. The van der Waals surface area contributed by atoms with E-state index < -0.39 is 17.7 Å². The summed E-state index contributed by atoms with van der Waals surface area (Å²) in [4.78, 5) is 5.30. The Hall–Kier alpha value is -2.35. The summed E-state index contributed by atoms with van der Waals surface area (Å²) in [6, 6.07) is 5.55. The lowest BCUT2D eigenvalue weighted by atomic mass is 9.89. The highest BCUT2D eigenvalue weighted by molar-refractivity contribution is 5.74. The number of anilines is 3. The zero-order valence-corrected chi connectivity index (χ0v) is 14.1. The number of aromatic nitrogens is 1. The summed E-state index contributed by atoms with van der Waals surface area (Å²) in [5.74, 6) is -0.629. The normalized spacial score (nSPS) is 22.1. The number of fused-ring (bicyclic) bond motifs is 3. The Morgan fingerprint density at radius 1 is 1.23 bits per heavy atom. The van der Waals surface area contributed by atoms with Crippen molar-refractivity contribution in [2.45, 2.75) is 24.6 Å². The largest absolute Gasteiger partial charge is 0.418 e. The third-order valence-corrected chi connectivity index (χ3v) is 5.16. The van der Waals surface area contributed by atoms with Crippen LogP contribution in [0.15, 0.2) is 30.5 Å². The maximum Gasteiger partial charge on any atom is 0.418 e. The van der Waals surface area contributed by atoms with E-state index in [0.717, 1.165) is 25.1 Å². The molecule has 1 saturated heterocycles. The van der Waals surface area contributed by atoms with Crippen LogP contribution in [-0.2, 0) is 6.18 Å². The standard InChI is InChI=1S/C18H18F4N4/c1-26-15-4-5-23-9-13(15)12-6-11(7-14(17(12)26)18(20,21)22)25-10-2-3-16(19)24-8-10/h2-3,6-8,13,15,23,25H,4-5,9H2,1H3/t13-,15-/m0/s1. The van der Waals surface area contributed by atoms with Crippen LogP contribution in [0.3, 0.4) is 0 Å². The maximum absolute atomic E-state index is 13.7. The van der Waals surface area contributed by atoms with Gasteiger partial charge in [0.2, 0.25) is 5.95 Å². The van der Waals surface area contributed by atoms with Gasteiger partial charge in [0, 0.05) is 31.2 Å². The number of nitrogens with zero attached hydrogens (tertiary/aromatic N) is 2. The van der Waals surface area contributed by atoms with Crippen molar-refractivity contribution in [1.29, 1.82) is 0 Å². The number of benzene rings is 1. The summed E-state index contributed by atoms with van der Waals surface area (Å²) in [6.07, 6.45) is -2.40. The average Bonchev–Trinajstić information content (AvgIpc) is 2.89. The van der Waals surface area contributed by atoms with Gasteiger partial charge in [-0.25, -0.2) is 4.98 Å². The first kappa shape index (κ1) is 17.1. The molecule has 0 saturated carbocycles. The van der Waals surface area contributed by atoms with E-state index in [1.165, 1.54) is 12.3 Å². The smallest absolute Gasteiger partial charge is 0.370 e. The summed E-state index contributed by atoms with van der Waals surface area (Å²) in [5, 5.41) is 6.19. The second kappa shape index (κ2) is 6.12. The lowest BCUT2D eigenvalue weighted by Gasteiger charge is -2.31. The Labute approximate surface area is 148 Å². The van der Waals surface area contributed by atoms with E-state index in [2.05, 4.69) is 15.6 Å². The molecule has 0 radical (unpaired) electrons. The van der Waals surface area contributed by atoms with Crippen LogP contribution in [0.5, 0.6) is 0 Å². The highest BCUT2D eigenvalue weighted by Gasteiger charge is 2.45. The van der Waals surface area contributed by atoms with Crippen molar-refractivity contribution in [1.82, 2.24) is 10.3 Å². The first-order chi connectivity index (χ1) is 12.3. The van der Waals surface area contributed by atoms with E-state index in [9.17, 15) is 17.6 Å². The van der Waals surface area contributed by atoms with E-state index in [-0.39, 0.29) is 17.6 Å². The van der Waals surface area contributed by atoms with Crippen LogP contribution < -0.4 is 15.5 Å². The molecule has 2 aliphatic heterocycles. The molecule has 3 heterocycles. The molecule has 1 aromatic heterocycles. The molecule has 138 valence electrons. The number of likely N-dealkylation sites (N-methyl/N-ethyl adjacent to an activating group) is 1. The molecule has 1 aromatic carbocycles. The van der Waals surface area contributed by atoms with Crippen LogP contribution in [0.1, 0.15) is 23.5 Å². The highest BCUT2D eigenvalue weighted by atomic mass is 19.4. The van der Waals surface area contributed by atoms with E-state index in [0.29, 0.717) is 23.5 Å². The Kier molecular flexibility index (Phi) is 4.02. The van der Waals surface area contributed by atoms with E-state index in [1.54, 1.807) is 18.0 Å². The van der Waals surface area contributed by atoms with Gasteiger partial charge in [0.1, 0.15) is 0 Å². The number of nitrogens with one attached hydrogen (secondary N) is 2. The van der Waals surface area contributed by atoms with E-state index in [4.69, 9.17) is 0 Å². The van der Waals surface area contributed by atoms with Gasteiger partial charge in [-0.1, -0.05) is 0 Å². The van der Waals surface area contributed by atoms with Gasteiger partial charge < -0.3 is 15.5 Å². The predicted molar refractivity (Wildman–Crippen MR) is 91.3 cm³/mol. The van der Waals surface area contributed by atoms with Crippen molar-refractivity contribution in [2.24, 2.45) is 0 Å². The molecular weight excluding hydrogens is 348 g/mol. The van der Waals surface area contributed by atoms with Gasteiger partial charge in [-0.05, 0) is 42.8 Å². The Balaban J connectivity index is 1.79. The molecule has 4 rings (SSSR count). The summed E-state index contributed by atoms with van der Waals surface area (Å²) in [6.45, 7) is 1.45. The third-order valence-electron chi connectivity index (χ3n) is 5.16. The minimum absolute atomic E-state index is 0.0120. The Bertz CT molecular complexity index is 819. The second-order valence-corrected chi connectivity index (χ2v) is 6.73. The van der Waals surface area contributed by atoms with Crippen LogP contribution >= 0.6 is 0 Å². The molecule has 0 amide bonds. The molecule has 2 N–H and O–H groups in total. The number of piperidine rings is 1. The van der Waals surface area contributed by atoms with Crippen molar-refractivity contribution in [3.8, 4) is 0 Å². The van der Waals surface area contributed by atoms with Gasteiger partial charge in [-0.3, -0.25) is 0 Å². The minimum Gasteiger partial charge on any atom is -0.370 e. The SMILES string of the molecule is CN1c2c(cc(Nc3ccc(F)nc3)cc2C(F)(F)F)[C@@H]2CNCC[C@@H]21. The van der Waals surface area contributed by atoms with Crippen molar-refractivity contribution < 1.29 is 17.6 Å². The van der Waals surface area contributed by atoms with Crippen molar-refractivity contribution in [3.63, 3.8) is 0 Å². The third kappa shape index (κ3) is 2.88. The van der Waals surface area contributed by atoms with Gasteiger partial charge in [-0.2, -0.15) is 17.6 Å². The molecule has 0 aliphatic carbocycles. The topological polar surface area (TPSA) is 40.2 Å². The molecule has 0 spiro atoms. The number of halogens is 4. The zero-order valence-electron chi connectivity index (χ0n) is 14.1. The first-order valence-corrected chi connectivity index (χ1v) is 8.42. The minimum atomic E-state index is -4.46. The lowest BCUT2D eigenvalue weighted by Crippen LogP contribution is -2.42. The molecule has 2 aromatic rings. The first-order valence-electron chi connectivity index (χ1n) is 8.42. The highest BCUT2D eigenvalue weighted by Crippen LogP contribution is 2.50. The van der Waals surface area contributed by atoms with Crippen LogP contribution in [0.25, 0.3) is 0 Å². The van der Waals surface area contributed by atoms with Gasteiger partial charge >= 0.3 is 6.18 Å².